The molecule has 0 aliphatic heterocycles. The van der Waals surface area contributed by atoms with Crippen molar-refractivity contribution in [3.05, 3.63) is 25.7 Å². The van der Waals surface area contributed by atoms with E-state index in [9.17, 15) is 4.79 Å². The predicted molar refractivity (Wildman–Crippen MR) is 58.2 cm³/mol. The molecular weight excluding hydrogens is 337 g/mol. The molecule has 0 atom stereocenters. The Morgan fingerprint density at radius 3 is 2.67 bits per heavy atom. The van der Waals surface area contributed by atoms with Crippen molar-refractivity contribution in [1.29, 1.82) is 0 Å². The highest BCUT2D eigenvalue weighted by Gasteiger charge is 2.11. The van der Waals surface area contributed by atoms with Gasteiger partial charge >= 0.3 is 5.97 Å². The summed E-state index contributed by atoms with van der Waals surface area (Å²) in [6, 6.07) is 3.26. The van der Waals surface area contributed by atoms with Crippen LogP contribution in [0, 0.1) is 3.57 Å². The molecule has 3 nitrogen and oxygen atoms in total. The highest BCUT2D eigenvalue weighted by molar-refractivity contribution is 14.1. The third kappa shape index (κ3) is 1.89. The van der Waals surface area contributed by atoms with Crippen molar-refractivity contribution in [1.82, 2.24) is 0 Å². The maximum atomic E-state index is 10.6. The third-order valence-electron chi connectivity index (χ3n) is 1.30. The molecule has 12 heavy (non-hydrogen) atoms. The van der Waals surface area contributed by atoms with Gasteiger partial charge in [-0.15, -0.1) is 0 Å². The normalized spacial score (nSPS) is 9.83. The standard InChI is InChI=1S/C7H5BrINO2/c8-6-4(7(11)12)1-3(9)2-5(6)10/h1-2H,10H2,(H,11,12). The predicted octanol–water partition coefficient (Wildman–Crippen LogP) is 2.33. The van der Waals surface area contributed by atoms with Crippen LogP contribution in [0.1, 0.15) is 10.4 Å². The Morgan fingerprint density at radius 2 is 2.17 bits per heavy atom. The topological polar surface area (TPSA) is 63.3 Å². The van der Waals surface area contributed by atoms with Crippen molar-refractivity contribution in [3.63, 3.8) is 0 Å². The van der Waals surface area contributed by atoms with E-state index >= 15 is 0 Å². The molecule has 0 aliphatic carbocycles. The lowest BCUT2D eigenvalue weighted by molar-refractivity contribution is 0.0696. The van der Waals surface area contributed by atoms with Crippen LogP contribution in [0.2, 0.25) is 0 Å². The quantitative estimate of drug-likeness (QED) is 0.608. The second-order valence-electron chi connectivity index (χ2n) is 2.16. The molecule has 1 aromatic carbocycles. The van der Waals surface area contributed by atoms with E-state index in [1.165, 1.54) is 0 Å². The molecule has 0 heterocycles. The van der Waals surface area contributed by atoms with Gasteiger partial charge in [-0.3, -0.25) is 0 Å². The Morgan fingerprint density at radius 1 is 1.58 bits per heavy atom. The molecule has 1 rings (SSSR count). The summed E-state index contributed by atoms with van der Waals surface area (Å²) < 4.78 is 1.25. The van der Waals surface area contributed by atoms with Gasteiger partial charge in [-0.2, -0.15) is 0 Å². The highest BCUT2D eigenvalue weighted by atomic mass is 127. The second kappa shape index (κ2) is 3.61. The summed E-state index contributed by atoms with van der Waals surface area (Å²) in [4.78, 5) is 10.6. The molecule has 64 valence electrons. The number of aromatic carboxylic acids is 1. The number of hydrogen-bond acceptors (Lipinski definition) is 2. The van der Waals surface area contributed by atoms with E-state index in [-0.39, 0.29) is 5.56 Å². The van der Waals surface area contributed by atoms with E-state index in [2.05, 4.69) is 15.9 Å². The van der Waals surface area contributed by atoms with Crippen LogP contribution in [0.25, 0.3) is 0 Å². The Hall–Kier alpha value is -0.300. The number of nitrogens with two attached hydrogens (primary N) is 1. The molecule has 0 aromatic heterocycles. The average Bonchev–Trinajstić information content (AvgIpc) is 1.96. The van der Waals surface area contributed by atoms with Crippen LogP contribution >= 0.6 is 38.5 Å². The lowest BCUT2D eigenvalue weighted by atomic mass is 10.2. The van der Waals surface area contributed by atoms with Crippen LogP contribution in [-0.4, -0.2) is 11.1 Å². The molecule has 0 saturated carbocycles. The van der Waals surface area contributed by atoms with E-state index in [1.54, 1.807) is 12.1 Å². The van der Waals surface area contributed by atoms with Gasteiger partial charge < -0.3 is 10.8 Å². The molecule has 0 fully saturated rings. The minimum absolute atomic E-state index is 0.194. The van der Waals surface area contributed by atoms with Gasteiger partial charge in [0.2, 0.25) is 0 Å². The largest absolute Gasteiger partial charge is 0.478 e. The lowest BCUT2D eigenvalue weighted by Gasteiger charge is -2.03. The van der Waals surface area contributed by atoms with Crippen molar-refractivity contribution in [2.45, 2.75) is 0 Å². The number of carbonyl (C=O) groups is 1. The zero-order valence-corrected chi connectivity index (χ0v) is 9.59. The molecule has 0 amide bonds. The van der Waals surface area contributed by atoms with E-state index < -0.39 is 5.97 Å². The molecule has 0 saturated heterocycles. The summed E-state index contributed by atoms with van der Waals surface area (Å²) in [5.41, 5.74) is 6.18. The van der Waals surface area contributed by atoms with E-state index in [0.29, 0.717) is 10.2 Å². The Balaban J connectivity index is 3.37. The van der Waals surface area contributed by atoms with Gasteiger partial charge in [0.05, 0.1) is 10.0 Å². The monoisotopic (exact) mass is 341 g/mol. The summed E-state index contributed by atoms with van der Waals surface area (Å²) >= 11 is 5.12. The number of rotatable bonds is 1. The van der Waals surface area contributed by atoms with E-state index in [4.69, 9.17) is 10.8 Å². The van der Waals surface area contributed by atoms with Gasteiger partial charge in [0.25, 0.3) is 0 Å². The first-order chi connectivity index (χ1) is 5.52. The van der Waals surface area contributed by atoms with Gasteiger partial charge in [0.1, 0.15) is 0 Å². The highest BCUT2D eigenvalue weighted by Crippen LogP contribution is 2.26. The summed E-state index contributed by atoms with van der Waals surface area (Å²) in [5, 5.41) is 8.73. The zero-order valence-electron chi connectivity index (χ0n) is 5.84. The minimum atomic E-state index is -0.980. The number of halogens is 2. The number of carboxylic acid groups (broad SMARTS) is 1. The number of nitrogen functional groups attached to an aromatic ring is 1. The summed E-state index contributed by atoms with van der Waals surface area (Å²) in [5.74, 6) is -0.980. The number of carboxylic acids is 1. The summed E-state index contributed by atoms with van der Waals surface area (Å²) in [6.07, 6.45) is 0. The average molecular weight is 342 g/mol. The second-order valence-corrected chi connectivity index (χ2v) is 4.20. The zero-order chi connectivity index (χ0) is 9.30. The Kier molecular flexibility index (Phi) is 2.94. The Bertz CT molecular complexity index is 340. The van der Waals surface area contributed by atoms with Gasteiger partial charge in [0, 0.05) is 9.26 Å². The number of hydrogen-bond donors (Lipinski definition) is 2. The van der Waals surface area contributed by atoms with Crippen molar-refractivity contribution >= 4 is 50.2 Å². The van der Waals surface area contributed by atoms with Crippen LogP contribution in [0.4, 0.5) is 5.69 Å². The molecule has 0 bridgehead atoms. The molecule has 0 aliphatic rings. The van der Waals surface area contributed by atoms with Crippen LogP contribution in [0.3, 0.4) is 0 Å². The summed E-state index contributed by atoms with van der Waals surface area (Å²) in [7, 11) is 0. The fraction of sp³-hybridized carbons (Fsp3) is 0. The maximum Gasteiger partial charge on any atom is 0.336 e. The fourth-order valence-corrected chi connectivity index (χ4v) is 1.81. The van der Waals surface area contributed by atoms with Crippen molar-refractivity contribution in [2.24, 2.45) is 0 Å². The molecule has 0 unspecified atom stereocenters. The Labute approximate surface area is 91.2 Å². The van der Waals surface area contributed by atoms with Gasteiger partial charge in [-0.25, -0.2) is 4.79 Å². The van der Waals surface area contributed by atoms with E-state index in [0.717, 1.165) is 3.57 Å². The summed E-state index contributed by atoms with van der Waals surface area (Å²) in [6.45, 7) is 0. The SMILES string of the molecule is Nc1cc(I)cc(C(=O)O)c1Br. The van der Waals surface area contributed by atoms with E-state index in [1.807, 2.05) is 22.6 Å². The number of anilines is 1. The third-order valence-corrected chi connectivity index (χ3v) is 2.80. The van der Waals surface area contributed by atoms with Crippen molar-refractivity contribution < 1.29 is 9.90 Å². The molecular formula is C7H5BrINO2. The van der Waals surface area contributed by atoms with Crippen molar-refractivity contribution in [3.8, 4) is 0 Å². The minimum Gasteiger partial charge on any atom is -0.478 e. The fourth-order valence-electron chi connectivity index (χ4n) is 0.766. The van der Waals surface area contributed by atoms with Gasteiger partial charge in [-0.1, -0.05) is 0 Å². The van der Waals surface area contributed by atoms with Crippen LogP contribution in [0.5, 0.6) is 0 Å². The molecule has 1 aromatic rings. The molecule has 3 N–H and O–H groups in total. The molecule has 0 radical (unpaired) electrons. The first kappa shape index (κ1) is 9.79. The number of benzene rings is 1. The first-order valence-electron chi connectivity index (χ1n) is 3.00. The maximum absolute atomic E-state index is 10.6. The lowest BCUT2D eigenvalue weighted by Crippen LogP contribution is -2.01. The molecule has 5 heteroatoms. The van der Waals surface area contributed by atoms with Gasteiger partial charge in [-0.05, 0) is 50.7 Å². The van der Waals surface area contributed by atoms with Crippen LogP contribution in [-0.2, 0) is 0 Å². The smallest absolute Gasteiger partial charge is 0.336 e. The first-order valence-corrected chi connectivity index (χ1v) is 4.87. The van der Waals surface area contributed by atoms with Crippen molar-refractivity contribution in [2.75, 3.05) is 5.73 Å². The van der Waals surface area contributed by atoms with Crippen LogP contribution in [0.15, 0.2) is 16.6 Å². The molecule has 0 spiro atoms. The van der Waals surface area contributed by atoms with Gasteiger partial charge in [0.15, 0.2) is 0 Å². The van der Waals surface area contributed by atoms with Crippen LogP contribution < -0.4 is 5.73 Å².